The average Bonchev–Trinajstić information content (AvgIpc) is 2.84. The largest absolute Gasteiger partial charge is 0.349 e. The van der Waals surface area contributed by atoms with Crippen LogP contribution < -0.4 is 5.32 Å². The molecule has 2 aromatic carbocycles. The molecule has 2 aliphatic rings. The molecule has 1 aliphatic heterocycles. The fourth-order valence-electron chi connectivity index (χ4n) is 3.93. The molecular formula is C18H15Cl2NO. The lowest BCUT2D eigenvalue weighted by molar-refractivity contribution is -0.124. The highest BCUT2D eigenvalue weighted by molar-refractivity contribution is 6.42. The summed E-state index contributed by atoms with van der Waals surface area (Å²) in [6.07, 6.45) is 1.49. The van der Waals surface area contributed by atoms with Gasteiger partial charge in [-0.15, -0.1) is 0 Å². The van der Waals surface area contributed by atoms with E-state index in [9.17, 15) is 4.79 Å². The number of carbonyl (C=O) groups excluding carboxylic acids is 1. The number of hydrogen-bond donors (Lipinski definition) is 1. The zero-order valence-corrected chi connectivity index (χ0v) is 13.4. The van der Waals surface area contributed by atoms with Gasteiger partial charge in [-0.3, -0.25) is 4.79 Å². The van der Waals surface area contributed by atoms with E-state index in [1.807, 2.05) is 18.2 Å². The number of halogens is 2. The second kappa shape index (κ2) is 5.29. The van der Waals surface area contributed by atoms with Gasteiger partial charge < -0.3 is 5.32 Å². The number of amides is 1. The van der Waals surface area contributed by atoms with Crippen molar-refractivity contribution in [1.29, 1.82) is 0 Å². The summed E-state index contributed by atoms with van der Waals surface area (Å²) in [5, 5.41) is 4.32. The van der Waals surface area contributed by atoms with E-state index in [4.69, 9.17) is 23.2 Å². The summed E-state index contributed by atoms with van der Waals surface area (Å²) in [7, 11) is 0. The Hall–Kier alpha value is -1.51. The SMILES string of the molecule is O=C1CCC2C(N1)c1ccccc1C2c1ccc(Cl)c(Cl)c1. The second-order valence-corrected chi connectivity index (χ2v) is 6.84. The first-order chi connectivity index (χ1) is 10.6. The molecule has 0 bridgehead atoms. The van der Waals surface area contributed by atoms with Crippen LogP contribution in [0.5, 0.6) is 0 Å². The van der Waals surface area contributed by atoms with E-state index >= 15 is 0 Å². The van der Waals surface area contributed by atoms with Crippen LogP contribution in [0.4, 0.5) is 0 Å². The van der Waals surface area contributed by atoms with Crippen molar-refractivity contribution in [1.82, 2.24) is 5.32 Å². The summed E-state index contributed by atoms with van der Waals surface area (Å²) in [5.41, 5.74) is 3.69. The minimum atomic E-state index is 0.108. The minimum absolute atomic E-state index is 0.108. The summed E-state index contributed by atoms with van der Waals surface area (Å²) >= 11 is 12.3. The Balaban J connectivity index is 1.84. The molecule has 4 rings (SSSR count). The van der Waals surface area contributed by atoms with Crippen molar-refractivity contribution in [2.75, 3.05) is 0 Å². The molecule has 22 heavy (non-hydrogen) atoms. The molecule has 0 saturated carbocycles. The van der Waals surface area contributed by atoms with Gasteiger partial charge >= 0.3 is 0 Å². The molecule has 1 amide bonds. The minimum Gasteiger partial charge on any atom is -0.349 e. The zero-order valence-electron chi connectivity index (χ0n) is 11.9. The Morgan fingerprint density at radius 1 is 1.00 bits per heavy atom. The first-order valence-electron chi connectivity index (χ1n) is 7.48. The molecular weight excluding hydrogens is 317 g/mol. The summed E-state index contributed by atoms with van der Waals surface area (Å²) in [6.45, 7) is 0. The van der Waals surface area contributed by atoms with E-state index in [0.717, 1.165) is 6.42 Å². The van der Waals surface area contributed by atoms with Gasteiger partial charge in [-0.05, 0) is 41.2 Å². The standard InChI is InChI=1S/C18H15Cl2NO/c19-14-7-5-10(9-15(14)20)17-11-3-1-2-4-12(11)18-13(17)6-8-16(22)21-18/h1-5,7,9,13,17-18H,6,8H2,(H,21,22). The van der Waals surface area contributed by atoms with Crippen molar-refractivity contribution >= 4 is 29.1 Å². The molecule has 1 fully saturated rings. The number of hydrogen-bond acceptors (Lipinski definition) is 1. The van der Waals surface area contributed by atoms with Gasteiger partial charge in [-0.2, -0.15) is 0 Å². The Labute approximate surface area is 139 Å². The topological polar surface area (TPSA) is 29.1 Å². The summed E-state index contributed by atoms with van der Waals surface area (Å²) in [4.78, 5) is 11.8. The van der Waals surface area contributed by atoms with Crippen molar-refractivity contribution in [3.8, 4) is 0 Å². The average molecular weight is 332 g/mol. The maximum atomic E-state index is 11.8. The highest BCUT2D eigenvalue weighted by Crippen LogP contribution is 2.52. The van der Waals surface area contributed by atoms with Crippen molar-refractivity contribution < 1.29 is 4.79 Å². The van der Waals surface area contributed by atoms with Gasteiger partial charge in [0.1, 0.15) is 0 Å². The van der Waals surface area contributed by atoms with Crippen LogP contribution in [0.2, 0.25) is 10.0 Å². The molecule has 4 heteroatoms. The third-order valence-corrected chi connectivity index (χ3v) is 5.59. The lowest BCUT2D eigenvalue weighted by atomic mass is 9.80. The molecule has 0 radical (unpaired) electrons. The molecule has 3 atom stereocenters. The second-order valence-electron chi connectivity index (χ2n) is 6.03. The first kappa shape index (κ1) is 14.1. The third-order valence-electron chi connectivity index (χ3n) is 4.85. The Kier molecular flexibility index (Phi) is 3.39. The van der Waals surface area contributed by atoms with Crippen LogP contribution in [0.1, 0.15) is 41.5 Å². The zero-order chi connectivity index (χ0) is 15.3. The summed E-state index contributed by atoms with van der Waals surface area (Å²) < 4.78 is 0. The molecule has 2 nitrogen and oxygen atoms in total. The number of nitrogens with one attached hydrogen (secondary N) is 1. The summed E-state index contributed by atoms with van der Waals surface area (Å²) in [5.74, 6) is 0.787. The fourth-order valence-corrected chi connectivity index (χ4v) is 4.23. The Bertz CT molecular complexity index is 759. The van der Waals surface area contributed by atoms with E-state index in [0.29, 0.717) is 22.4 Å². The molecule has 1 N–H and O–H groups in total. The van der Waals surface area contributed by atoms with Crippen LogP contribution in [-0.4, -0.2) is 5.91 Å². The van der Waals surface area contributed by atoms with Gasteiger partial charge in [0.25, 0.3) is 0 Å². The van der Waals surface area contributed by atoms with Crippen LogP contribution in [0.15, 0.2) is 42.5 Å². The highest BCUT2D eigenvalue weighted by Gasteiger charge is 2.44. The number of rotatable bonds is 1. The van der Waals surface area contributed by atoms with E-state index in [1.165, 1.54) is 16.7 Å². The van der Waals surface area contributed by atoms with Gasteiger partial charge in [-0.1, -0.05) is 53.5 Å². The Morgan fingerprint density at radius 2 is 1.77 bits per heavy atom. The predicted octanol–water partition coefficient (Wildman–Crippen LogP) is 4.71. The van der Waals surface area contributed by atoms with Crippen molar-refractivity contribution in [3.05, 3.63) is 69.2 Å². The van der Waals surface area contributed by atoms with Crippen molar-refractivity contribution in [2.24, 2.45) is 5.92 Å². The molecule has 2 aromatic rings. The van der Waals surface area contributed by atoms with Gasteiger partial charge in [0.15, 0.2) is 0 Å². The third kappa shape index (κ3) is 2.13. The normalized spacial score (nSPS) is 26.3. The van der Waals surface area contributed by atoms with E-state index < -0.39 is 0 Å². The lowest BCUT2D eigenvalue weighted by Crippen LogP contribution is -2.37. The van der Waals surface area contributed by atoms with Crippen LogP contribution in [-0.2, 0) is 4.79 Å². The summed E-state index contributed by atoms with van der Waals surface area (Å²) in [6, 6.07) is 14.4. The van der Waals surface area contributed by atoms with Crippen LogP contribution in [0.3, 0.4) is 0 Å². The van der Waals surface area contributed by atoms with Crippen LogP contribution in [0, 0.1) is 5.92 Å². The van der Waals surface area contributed by atoms with Gasteiger partial charge in [0, 0.05) is 12.3 Å². The number of piperidine rings is 1. The van der Waals surface area contributed by atoms with Crippen LogP contribution in [0.25, 0.3) is 0 Å². The first-order valence-corrected chi connectivity index (χ1v) is 8.24. The number of benzene rings is 2. The quantitative estimate of drug-likeness (QED) is 0.805. The van der Waals surface area contributed by atoms with Crippen molar-refractivity contribution in [3.63, 3.8) is 0 Å². The molecule has 1 aliphatic carbocycles. The molecule has 1 heterocycles. The smallest absolute Gasteiger partial charge is 0.220 e. The number of carbonyl (C=O) groups is 1. The van der Waals surface area contributed by atoms with Crippen molar-refractivity contribution in [2.45, 2.75) is 24.8 Å². The molecule has 0 spiro atoms. The van der Waals surface area contributed by atoms with Crippen LogP contribution >= 0.6 is 23.2 Å². The maximum Gasteiger partial charge on any atom is 0.220 e. The maximum absolute atomic E-state index is 11.8. The monoisotopic (exact) mass is 331 g/mol. The fraction of sp³-hybridized carbons (Fsp3) is 0.278. The lowest BCUT2D eigenvalue weighted by Gasteiger charge is -2.30. The van der Waals surface area contributed by atoms with Gasteiger partial charge in [0.05, 0.1) is 16.1 Å². The van der Waals surface area contributed by atoms with E-state index in [-0.39, 0.29) is 17.9 Å². The van der Waals surface area contributed by atoms with Gasteiger partial charge in [0.2, 0.25) is 5.91 Å². The molecule has 112 valence electrons. The van der Waals surface area contributed by atoms with Gasteiger partial charge in [-0.25, -0.2) is 0 Å². The Morgan fingerprint density at radius 3 is 2.55 bits per heavy atom. The van der Waals surface area contributed by atoms with E-state index in [2.05, 4.69) is 29.6 Å². The molecule has 3 unspecified atom stereocenters. The predicted molar refractivity (Wildman–Crippen MR) is 88.4 cm³/mol. The molecule has 0 aromatic heterocycles. The molecule has 1 saturated heterocycles. The number of fused-ring (bicyclic) bond motifs is 3. The highest BCUT2D eigenvalue weighted by atomic mass is 35.5. The van der Waals surface area contributed by atoms with E-state index in [1.54, 1.807) is 0 Å².